The molecule has 2 unspecified atom stereocenters. The van der Waals surface area contributed by atoms with E-state index in [1.807, 2.05) is 36.4 Å². The molecule has 0 saturated carbocycles. The SMILES string of the molecule is CC1CC(c2ccc(Cl)c(Cl)c2)c2ccccc2C1=NO. The number of rotatable bonds is 1. The average Bonchev–Trinajstić information content (AvgIpc) is 2.49. The molecule has 0 spiro atoms. The molecule has 2 nitrogen and oxygen atoms in total. The third kappa shape index (κ3) is 2.54. The van der Waals surface area contributed by atoms with E-state index in [1.165, 1.54) is 5.56 Å². The van der Waals surface area contributed by atoms with E-state index in [2.05, 4.69) is 18.1 Å². The summed E-state index contributed by atoms with van der Waals surface area (Å²) in [6.07, 6.45) is 0.883. The smallest absolute Gasteiger partial charge is 0.0899 e. The van der Waals surface area contributed by atoms with Crippen LogP contribution in [-0.2, 0) is 0 Å². The average molecular weight is 320 g/mol. The Morgan fingerprint density at radius 3 is 2.57 bits per heavy atom. The first-order chi connectivity index (χ1) is 10.1. The van der Waals surface area contributed by atoms with Crippen LogP contribution in [0.1, 0.15) is 36.0 Å². The number of hydrogen-bond acceptors (Lipinski definition) is 2. The molecule has 2 atom stereocenters. The van der Waals surface area contributed by atoms with E-state index in [0.29, 0.717) is 10.0 Å². The normalized spacial score (nSPS) is 23.1. The lowest BCUT2D eigenvalue weighted by atomic mass is 9.73. The third-order valence-corrected chi connectivity index (χ3v) is 4.86. The maximum Gasteiger partial charge on any atom is 0.0899 e. The Morgan fingerprint density at radius 1 is 1.10 bits per heavy atom. The Balaban J connectivity index is 2.13. The molecule has 108 valence electrons. The molecule has 1 N–H and O–H groups in total. The zero-order chi connectivity index (χ0) is 15.0. The van der Waals surface area contributed by atoms with Gasteiger partial charge in [-0.2, -0.15) is 0 Å². The maximum atomic E-state index is 9.29. The highest BCUT2D eigenvalue weighted by atomic mass is 35.5. The standard InChI is InChI=1S/C17H15Cl2NO/c1-10-8-14(11-6-7-15(18)16(19)9-11)12-4-2-3-5-13(12)17(10)20-21/h2-7,9-10,14,21H,8H2,1H3. The van der Waals surface area contributed by atoms with E-state index in [4.69, 9.17) is 23.2 Å². The summed E-state index contributed by atoms with van der Waals surface area (Å²) in [7, 11) is 0. The van der Waals surface area contributed by atoms with Crippen LogP contribution in [0.4, 0.5) is 0 Å². The molecule has 0 saturated heterocycles. The van der Waals surface area contributed by atoms with Crippen LogP contribution in [0.3, 0.4) is 0 Å². The van der Waals surface area contributed by atoms with Gasteiger partial charge >= 0.3 is 0 Å². The number of nitrogens with zero attached hydrogens (tertiary/aromatic N) is 1. The van der Waals surface area contributed by atoms with Gasteiger partial charge in [0.2, 0.25) is 0 Å². The summed E-state index contributed by atoms with van der Waals surface area (Å²) in [6, 6.07) is 13.8. The number of halogens is 2. The maximum absolute atomic E-state index is 9.29. The van der Waals surface area contributed by atoms with E-state index in [1.54, 1.807) is 0 Å². The Labute approximate surface area is 134 Å². The zero-order valence-corrected chi connectivity index (χ0v) is 13.1. The van der Waals surface area contributed by atoms with Gasteiger partial charge in [-0.3, -0.25) is 0 Å². The summed E-state index contributed by atoms with van der Waals surface area (Å²) in [4.78, 5) is 0. The van der Waals surface area contributed by atoms with Crippen molar-refractivity contribution in [1.82, 2.24) is 0 Å². The Bertz CT molecular complexity index is 712. The number of fused-ring (bicyclic) bond motifs is 1. The van der Waals surface area contributed by atoms with Gasteiger partial charge in [0.25, 0.3) is 0 Å². The van der Waals surface area contributed by atoms with Gasteiger partial charge in [-0.1, -0.05) is 65.6 Å². The first kappa shape index (κ1) is 14.4. The van der Waals surface area contributed by atoms with Gasteiger partial charge in [-0.25, -0.2) is 0 Å². The molecule has 1 aliphatic carbocycles. The Hall–Kier alpha value is -1.51. The Morgan fingerprint density at radius 2 is 1.86 bits per heavy atom. The fourth-order valence-corrected chi connectivity index (χ4v) is 3.40. The van der Waals surface area contributed by atoms with Crippen LogP contribution in [0.15, 0.2) is 47.6 Å². The molecule has 1 aliphatic rings. The molecule has 0 radical (unpaired) electrons. The van der Waals surface area contributed by atoms with E-state index in [0.717, 1.165) is 23.3 Å². The molecule has 0 fully saturated rings. The summed E-state index contributed by atoms with van der Waals surface area (Å²) in [5.74, 6) is 0.417. The fraction of sp³-hybridized carbons (Fsp3) is 0.235. The molecule has 0 bridgehead atoms. The predicted molar refractivity (Wildman–Crippen MR) is 86.9 cm³/mol. The molecular weight excluding hydrogens is 305 g/mol. The van der Waals surface area contributed by atoms with E-state index >= 15 is 0 Å². The highest BCUT2D eigenvalue weighted by Crippen LogP contribution is 2.40. The monoisotopic (exact) mass is 319 g/mol. The molecule has 0 amide bonds. The van der Waals surface area contributed by atoms with Crippen molar-refractivity contribution in [2.75, 3.05) is 0 Å². The molecule has 2 aromatic rings. The summed E-state index contributed by atoms with van der Waals surface area (Å²) in [5.41, 5.74) is 4.07. The van der Waals surface area contributed by atoms with Crippen LogP contribution < -0.4 is 0 Å². The minimum absolute atomic E-state index is 0.185. The van der Waals surface area contributed by atoms with Crippen LogP contribution in [-0.4, -0.2) is 10.9 Å². The number of hydrogen-bond donors (Lipinski definition) is 1. The molecular formula is C17H15Cl2NO. The van der Waals surface area contributed by atoms with Crippen molar-refractivity contribution >= 4 is 28.9 Å². The summed E-state index contributed by atoms with van der Waals surface area (Å²) < 4.78 is 0. The first-order valence-corrected chi connectivity index (χ1v) is 7.63. The molecule has 0 aliphatic heterocycles. The molecule has 2 aromatic carbocycles. The van der Waals surface area contributed by atoms with Crippen LogP contribution in [0.2, 0.25) is 10.0 Å². The molecule has 3 rings (SSSR count). The lowest BCUT2D eigenvalue weighted by molar-refractivity contribution is 0.314. The van der Waals surface area contributed by atoms with Crippen molar-refractivity contribution in [2.45, 2.75) is 19.3 Å². The Kier molecular flexibility index (Phi) is 3.92. The van der Waals surface area contributed by atoms with E-state index in [-0.39, 0.29) is 11.8 Å². The predicted octanol–water partition coefficient (Wildman–Crippen LogP) is 5.34. The van der Waals surface area contributed by atoms with Gasteiger partial charge in [0.15, 0.2) is 0 Å². The van der Waals surface area contributed by atoms with Gasteiger partial charge in [-0.05, 0) is 29.7 Å². The van der Waals surface area contributed by atoms with Gasteiger partial charge in [-0.15, -0.1) is 0 Å². The lowest BCUT2D eigenvalue weighted by Crippen LogP contribution is -2.25. The molecule has 0 aromatic heterocycles. The van der Waals surface area contributed by atoms with Crippen molar-refractivity contribution in [3.05, 3.63) is 69.2 Å². The molecule has 21 heavy (non-hydrogen) atoms. The van der Waals surface area contributed by atoms with Crippen LogP contribution in [0, 0.1) is 5.92 Å². The quantitative estimate of drug-likeness (QED) is 0.558. The number of benzene rings is 2. The second-order valence-corrected chi connectivity index (χ2v) is 6.25. The largest absolute Gasteiger partial charge is 0.411 e. The lowest BCUT2D eigenvalue weighted by Gasteiger charge is -2.30. The summed E-state index contributed by atoms with van der Waals surface area (Å²) in [5, 5.41) is 13.9. The van der Waals surface area contributed by atoms with Crippen LogP contribution in [0.5, 0.6) is 0 Å². The van der Waals surface area contributed by atoms with E-state index < -0.39 is 0 Å². The zero-order valence-electron chi connectivity index (χ0n) is 11.6. The number of oxime groups is 1. The minimum atomic E-state index is 0.185. The highest BCUT2D eigenvalue weighted by Gasteiger charge is 2.30. The summed E-state index contributed by atoms with van der Waals surface area (Å²) >= 11 is 12.2. The summed E-state index contributed by atoms with van der Waals surface area (Å²) in [6.45, 7) is 2.08. The van der Waals surface area contributed by atoms with Crippen molar-refractivity contribution in [3.63, 3.8) is 0 Å². The second-order valence-electron chi connectivity index (χ2n) is 5.44. The third-order valence-electron chi connectivity index (χ3n) is 4.12. The van der Waals surface area contributed by atoms with Crippen molar-refractivity contribution in [2.24, 2.45) is 11.1 Å². The van der Waals surface area contributed by atoms with Gasteiger partial charge in [0, 0.05) is 17.4 Å². The first-order valence-electron chi connectivity index (χ1n) is 6.88. The van der Waals surface area contributed by atoms with Gasteiger partial charge in [0.1, 0.15) is 0 Å². The minimum Gasteiger partial charge on any atom is -0.411 e. The van der Waals surface area contributed by atoms with Crippen molar-refractivity contribution in [1.29, 1.82) is 0 Å². The molecule has 0 heterocycles. The highest BCUT2D eigenvalue weighted by molar-refractivity contribution is 6.42. The van der Waals surface area contributed by atoms with Gasteiger partial charge < -0.3 is 5.21 Å². The van der Waals surface area contributed by atoms with E-state index in [9.17, 15) is 5.21 Å². The topological polar surface area (TPSA) is 32.6 Å². The van der Waals surface area contributed by atoms with Crippen molar-refractivity contribution in [3.8, 4) is 0 Å². The van der Waals surface area contributed by atoms with Crippen LogP contribution >= 0.6 is 23.2 Å². The molecule has 4 heteroatoms. The fourth-order valence-electron chi connectivity index (χ4n) is 3.09. The van der Waals surface area contributed by atoms with Crippen LogP contribution in [0.25, 0.3) is 0 Å². The second kappa shape index (κ2) is 5.70. The van der Waals surface area contributed by atoms with Crippen molar-refractivity contribution < 1.29 is 5.21 Å². The van der Waals surface area contributed by atoms with Gasteiger partial charge in [0.05, 0.1) is 15.8 Å².